The molecule has 0 saturated carbocycles. The van der Waals surface area contributed by atoms with Crippen molar-refractivity contribution in [3.63, 3.8) is 0 Å². The van der Waals surface area contributed by atoms with Gasteiger partial charge in [-0.15, -0.1) is 0 Å². The third-order valence-electron chi connectivity index (χ3n) is 4.34. The van der Waals surface area contributed by atoms with E-state index in [1.807, 2.05) is 0 Å². The highest BCUT2D eigenvalue weighted by Crippen LogP contribution is 2.39. The van der Waals surface area contributed by atoms with Crippen molar-refractivity contribution >= 4 is 18.4 Å². The second-order valence-electron chi connectivity index (χ2n) is 7.05. The number of benzene rings is 1. The van der Waals surface area contributed by atoms with Crippen molar-refractivity contribution < 1.29 is 22.5 Å². The summed E-state index contributed by atoms with van der Waals surface area (Å²) in [5, 5.41) is 6.77. The van der Waals surface area contributed by atoms with E-state index < -0.39 is 24.8 Å². The molecule has 10 heteroatoms. The van der Waals surface area contributed by atoms with Crippen molar-refractivity contribution in [2.75, 3.05) is 31.7 Å². The van der Waals surface area contributed by atoms with Crippen molar-refractivity contribution in [2.45, 2.75) is 25.1 Å². The molecule has 0 aliphatic carbocycles. The summed E-state index contributed by atoms with van der Waals surface area (Å²) < 4.78 is 57.8. The number of hydrogen-bond acceptors (Lipinski definition) is 6. The Balaban J connectivity index is 1.90. The van der Waals surface area contributed by atoms with Gasteiger partial charge in [-0.1, -0.05) is 12.1 Å². The van der Waals surface area contributed by atoms with Gasteiger partial charge in [0, 0.05) is 24.1 Å². The third kappa shape index (κ3) is 5.23. The molecular weight excluding hydrogens is 392 g/mol. The van der Waals surface area contributed by atoms with Crippen molar-refractivity contribution in [1.82, 2.24) is 15.3 Å². The molecule has 1 aliphatic heterocycles. The van der Waals surface area contributed by atoms with Crippen LogP contribution in [-0.4, -0.2) is 42.4 Å². The number of hydrogen-bond donors (Lipinski definition) is 2. The average Bonchev–Trinajstić information content (AvgIpc) is 2.61. The molecule has 1 aromatic carbocycles. The Hall–Kier alpha value is -2.12. The minimum Gasteiger partial charge on any atom is -0.438 e. The van der Waals surface area contributed by atoms with Crippen LogP contribution in [0.25, 0.3) is 0 Å². The Morgan fingerprint density at radius 3 is 2.75 bits per heavy atom. The van der Waals surface area contributed by atoms with Crippen LogP contribution in [0.3, 0.4) is 0 Å². The van der Waals surface area contributed by atoms with E-state index in [9.17, 15) is 17.7 Å². The van der Waals surface area contributed by atoms with Gasteiger partial charge in [0.05, 0.1) is 0 Å². The van der Waals surface area contributed by atoms with Gasteiger partial charge < -0.3 is 19.9 Å². The normalized spacial score (nSPS) is 18.0. The van der Waals surface area contributed by atoms with Crippen molar-refractivity contribution in [2.24, 2.45) is 0 Å². The largest absolute Gasteiger partial charge is 0.438 e. The molecule has 0 radical (unpaired) electrons. The molecule has 2 aromatic rings. The fourth-order valence-electron chi connectivity index (χ4n) is 2.86. The predicted molar refractivity (Wildman–Crippen MR) is 102 cm³/mol. The van der Waals surface area contributed by atoms with Crippen LogP contribution in [0.5, 0.6) is 11.6 Å². The Bertz CT molecular complexity index is 879. The van der Waals surface area contributed by atoms with E-state index in [1.54, 1.807) is 25.5 Å². The molecule has 28 heavy (non-hydrogen) atoms. The SMILES string of the molecule is CP(C)(=O)c1cccc(Oc2nc(NC3CCCNC3)ncc2C(F)(F)F)c1. The third-order valence-corrected chi connectivity index (χ3v) is 5.87. The number of ether oxygens (including phenoxy) is 1. The minimum absolute atomic E-state index is 0.0349. The maximum atomic E-state index is 13.4. The van der Waals surface area contributed by atoms with Gasteiger partial charge in [0.1, 0.15) is 18.5 Å². The molecule has 6 nitrogen and oxygen atoms in total. The molecule has 152 valence electrons. The van der Waals surface area contributed by atoms with Gasteiger partial charge in [-0.25, -0.2) is 4.98 Å². The highest BCUT2D eigenvalue weighted by atomic mass is 31.2. The number of aromatic nitrogens is 2. The van der Waals surface area contributed by atoms with Crippen LogP contribution in [0.4, 0.5) is 19.1 Å². The first-order valence-corrected chi connectivity index (χ1v) is 11.5. The molecule has 1 aromatic heterocycles. The van der Waals surface area contributed by atoms with E-state index in [2.05, 4.69) is 20.6 Å². The number of nitrogens with zero attached hydrogens (tertiary/aromatic N) is 2. The fourth-order valence-corrected chi connectivity index (χ4v) is 3.74. The summed E-state index contributed by atoms with van der Waals surface area (Å²) in [5.41, 5.74) is -1.07. The fraction of sp³-hybridized carbons (Fsp3) is 0.444. The highest BCUT2D eigenvalue weighted by molar-refractivity contribution is 7.70. The molecule has 1 saturated heterocycles. The zero-order chi connectivity index (χ0) is 20.4. The molecule has 2 N–H and O–H groups in total. The Labute approximate surface area is 161 Å². The smallest absolute Gasteiger partial charge is 0.423 e. The topological polar surface area (TPSA) is 76.1 Å². The number of halogens is 3. The lowest BCUT2D eigenvalue weighted by Crippen LogP contribution is -2.38. The molecule has 2 heterocycles. The number of nitrogens with one attached hydrogen (secondary N) is 2. The number of piperidine rings is 1. The van der Waals surface area contributed by atoms with E-state index in [1.165, 1.54) is 12.1 Å². The lowest BCUT2D eigenvalue weighted by atomic mass is 10.1. The van der Waals surface area contributed by atoms with Crippen molar-refractivity contribution in [3.8, 4) is 11.6 Å². The van der Waals surface area contributed by atoms with E-state index in [-0.39, 0.29) is 17.7 Å². The van der Waals surface area contributed by atoms with Crippen LogP contribution in [0.2, 0.25) is 0 Å². The van der Waals surface area contributed by atoms with Gasteiger partial charge in [-0.05, 0) is 44.8 Å². The maximum Gasteiger partial charge on any atom is 0.423 e. The van der Waals surface area contributed by atoms with Crippen LogP contribution >= 0.6 is 7.14 Å². The van der Waals surface area contributed by atoms with Crippen molar-refractivity contribution in [3.05, 3.63) is 36.0 Å². The Kier molecular flexibility index (Phi) is 5.95. The van der Waals surface area contributed by atoms with Gasteiger partial charge in [0.15, 0.2) is 0 Å². The van der Waals surface area contributed by atoms with E-state index >= 15 is 0 Å². The summed E-state index contributed by atoms with van der Waals surface area (Å²) in [5.74, 6) is -0.381. The summed E-state index contributed by atoms with van der Waals surface area (Å²) >= 11 is 0. The summed E-state index contributed by atoms with van der Waals surface area (Å²) in [4.78, 5) is 7.76. The van der Waals surface area contributed by atoms with Gasteiger partial charge in [0.2, 0.25) is 11.8 Å². The summed E-state index contributed by atoms with van der Waals surface area (Å²) in [6.07, 6.45) is -2.11. The molecule has 1 fully saturated rings. The molecule has 1 atom stereocenters. The summed E-state index contributed by atoms with van der Waals surface area (Å²) in [7, 11) is -2.58. The Morgan fingerprint density at radius 2 is 2.11 bits per heavy atom. The minimum atomic E-state index is -4.66. The van der Waals surface area contributed by atoms with E-state index in [4.69, 9.17) is 4.74 Å². The zero-order valence-corrected chi connectivity index (χ0v) is 16.5. The van der Waals surface area contributed by atoms with Gasteiger partial charge in [-0.3, -0.25) is 0 Å². The number of anilines is 1. The van der Waals surface area contributed by atoms with Crippen LogP contribution in [0.15, 0.2) is 30.5 Å². The van der Waals surface area contributed by atoms with Crippen LogP contribution < -0.4 is 20.7 Å². The number of rotatable bonds is 5. The lowest BCUT2D eigenvalue weighted by Gasteiger charge is -2.24. The molecule has 0 amide bonds. The van der Waals surface area contributed by atoms with Crippen LogP contribution in [0.1, 0.15) is 18.4 Å². The zero-order valence-electron chi connectivity index (χ0n) is 15.6. The quantitative estimate of drug-likeness (QED) is 0.727. The molecule has 3 rings (SSSR count). The van der Waals surface area contributed by atoms with E-state index in [0.717, 1.165) is 25.6 Å². The standard InChI is InChI=1S/C18H22F3N4O2P/c1-28(2,26)14-7-3-6-13(9-14)27-16-15(18(19,20)21)11-23-17(25-16)24-12-5-4-8-22-10-12/h3,6-7,9,11-12,22H,4-5,8,10H2,1-2H3,(H,23,24,25). The lowest BCUT2D eigenvalue weighted by molar-refractivity contribution is -0.139. The number of alkyl halides is 3. The molecule has 0 spiro atoms. The molecular formula is C18H22F3N4O2P. The summed E-state index contributed by atoms with van der Waals surface area (Å²) in [6.45, 7) is 4.76. The van der Waals surface area contributed by atoms with Crippen molar-refractivity contribution in [1.29, 1.82) is 0 Å². The van der Waals surface area contributed by atoms with E-state index in [0.29, 0.717) is 11.8 Å². The first kappa shape index (κ1) is 20.6. The highest BCUT2D eigenvalue weighted by Gasteiger charge is 2.36. The molecule has 1 unspecified atom stereocenters. The van der Waals surface area contributed by atoms with Gasteiger partial charge in [-0.2, -0.15) is 18.2 Å². The van der Waals surface area contributed by atoms with Crippen LogP contribution in [0, 0.1) is 0 Å². The summed E-state index contributed by atoms with van der Waals surface area (Å²) in [6, 6.07) is 6.25. The second-order valence-corrected chi connectivity index (χ2v) is 10.3. The Morgan fingerprint density at radius 1 is 1.32 bits per heavy atom. The first-order valence-electron chi connectivity index (χ1n) is 8.88. The molecule has 0 bridgehead atoms. The van der Waals surface area contributed by atoms with Crippen LogP contribution in [-0.2, 0) is 10.7 Å². The predicted octanol–water partition coefficient (Wildman–Crippen LogP) is 3.70. The second kappa shape index (κ2) is 8.09. The van der Waals surface area contributed by atoms with Gasteiger partial charge in [0.25, 0.3) is 0 Å². The average molecular weight is 414 g/mol. The monoisotopic (exact) mass is 414 g/mol. The maximum absolute atomic E-state index is 13.4. The first-order chi connectivity index (χ1) is 13.1. The van der Waals surface area contributed by atoms with Gasteiger partial charge >= 0.3 is 6.18 Å². The molecule has 1 aliphatic rings.